The van der Waals surface area contributed by atoms with Gasteiger partial charge < -0.3 is 0 Å². The SMILES string of the molecule is C=C(C)Cc1cc2c(cc1=C)Cc1ccccc1C=2. The Morgan fingerprint density at radius 2 is 1.95 bits per heavy atom. The average Bonchev–Trinajstić information content (AvgIpc) is 2.37. The molecule has 0 saturated heterocycles. The molecule has 0 saturated carbocycles. The van der Waals surface area contributed by atoms with Crippen molar-refractivity contribution in [2.24, 2.45) is 0 Å². The summed E-state index contributed by atoms with van der Waals surface area (Å²) in [7, 11) is 0. The lowest BCUT2D eigenvalue weighted by Crippen LogP contribution is -2.22. The molecule has 0 heteroatoms. The van der Waals surface area contributed by atoms with E-state index in [1.54, 1.807) is 0 Å². The number of rotatable bonds is 2. The molecule has 0 radical (unpaired) electrons. The molecule has 2 aromatic carbocycles. The van der Waals surface area contributed by atoms with Crippen LogP contribution in [0.1, 0.15) is 29.2 Å². The van der Waals surface area contributed by atoms with Gasteiger partial charge in [-0.05, 0) is 58.5 Å². The van der Waals surface area contributed by atoms with Crippen LogP contribution in [0, 0.1) is 0 Å². The van der Waals surface area contributed by atoms with Gasteiger partial charge in [-0.2, -0.15) is 0 Å². The van der Waals surface area contributed by atoms with Crippen molar-refractivity contribution in [1.82, 2.24) is 0 Å². The Kier molecular flexibility index (Phi) is 2.87. The Labute approximate surface area is 114 Å². The minimum absolute atomic E-state index is 0.918. The van der Waals surface area contributed by atoms with Crippen molar-refractivity contribution in [1.29, 1.82) is 0 Å². The summed E-state index contributed by atoms with van der Waals surface area (Å²) in [6.07, 6.45) is 4.22. The fourth-order valence-electron chi connectivity index (χ4n) is 2.75. The van der Waals surface area contributed by atoms with Gasteiger partial charge in [0, 0.05) is 0 Å². The molecule has 2 aromatic rings. The van der Waals surface area contributed by atoms with Gasteiger partial charge in [-0.3, -0.25) is 0 Å². The highest BCUT2D eigenvalue weighted by Gasteiger charge is 2.09. The molecule has 19 heavy (non-hydrogen) atoms. The van der Waals surface area contributed by atoms with Gasteiger partial charge in [-0.1, -0.05) is 55.1 Å². The highest BCUT2D eigenvalue weighted by Crippen LogP contribution is 2.17. The molecule has 0 spiro atoms. The van der Waals surface area contributed by atoms with Crippen molar-refractivity contribution in [3.63, 3.8) is 0 Å². The number of benzene rings is 2. The number of hydrogen-bond acceptors (Lipinski definition) is 0. The summed E-state index contributed by atoms with van der Waals surface area (Å²) in [5.74, 6) is 0. The van der Waals surface area contributed by atoms with Crippen molar-refractivity contribution < 1.29 is 0 Å². The lowest BCUT2D eigenvalue weighted by atomic mass is 9.90. The fourth-order valence-corrected chi connectivity index (χ4v) is 2.75. The van der Waals surface area contributed by atoms with Crippen molar-refractivity contribution in [3.8, 4) is 0 Å². The highest BCUT2D eigenvalue weighted by atomic mass is 14.1. The third-order valence-corrected chi connectivity index (χ3v) is 3.70. The molecule has 0 fully saturated rings. The van der Waals surface area contributed by atoms with E-state index in [1.807, 2.05) is 0 Å². The predicted molar refractivity (Wildman–Crippen MR) is 82.5 cm³/mol. The first kappa shape index (κ1) is 12.0. The molecule has 0 heterocycles. The second-order valence-corrected chi connectivity index (χ2v) is 5.47. The van der Waals surface area contributed by atoms with E-state index in [0.717, 1.165) is 18.1 Å². The van der Waals surface area contributed by atoms with Crippen molar-refractivity contribution >= 4 is 12.7 Å². The van der Waals surface area contributed by atoms with Gasteiger partial charge in [0.25, 0.3) is 0 Å². The van der Waals surface area contributed by atoms with E-state index in [0.29, 0.717) is 0 Å². The monoisotopic (exact) mass is 246 g/mol. The van der Waals surface area contributed by atoms with E-state index < -0.39 is 0 Å². The standard InChI is InChI=1S/C19H18/c1-13(2)8-17-12-19-11-16-7-5-4-6-15(16)10-18(19)9-14(17)3/h4-7,9,11-12H,1,3,8,10H2,2H3. The molecular formula is C19H18. The Bertz CT molecular complexity index is 763. The van der Waals surface area contributed by atoms with Gasteiger partial charge in [0.05, 0.1) is 0 Å². The maximum absolute atomic E-state index is 4.18. The summed E-state index contributed by atoms with van der Waals surface area (Å²) < 4.78 is 0. The lowest BCUT2D eigenvalue weighted by molar-refractivity contribution is 1.09. The molecule has 0 aromatic heterocycles. The molecule has 0 bridgehead atoms. The molecule has 0 atom stereocenters. The van der Waals surface area contributed by atoms with Gasteiger partial charge in [-0.15, -0.1) is 0 Å². The van der Waals surface area contributed by atoms with E-state index in [1.165, 1.54) is 33.0 Å². The number of hydrogen-bond donors (Lipinski definition) is 0. The molecule has 0 aliphatic heterocycles. The minimum atomic E-state index is 0.918. The maximum Gasteiger partial charge on any atom is -0.00137 e. The first-order chi connectivity index (χ1) is 9.13. The van der Waals surface area contributed by atoms with Crippen LogP contribution in [0.15, 0.2) is 48.6 Å². The third kappa shape index (κ3) is 2.26. The molecule has 0 N–H and O–H groups in total. The summed E-state index contributed by atoms with van der Waals surface area (Å²) >= 11 is 0. The van der Waals surface area contributed by atoms with Crippen LogP contribution in [0.2, 0.25) is 0 Å². The largest absolute Gasteiger partial charge is 0.0998 e. The van der Waals surface area contributed by atoms with Crippen LogP contribution in [-0.2, 0) is 12.8 Å². The summed E-state index contributed by atoms with van der Waals surface area (Å²) in [6, 6.07) is 13.1. The van der Waals surface area contributed by atoms with Crippen molar-refractivity contribution in [2.75, 3.05) is 0 Å². The van der Waals surface area contributed by atoms with Crippen molar-refractivity contribution in [2.45, 2.75) is 19.8 Å². The van der Waals surface area contributed by atoms with Gasteiger partial charge in [0.15, 0.2) is 0 Å². The first-order valence-corrected chi connectivity index (χ1v) is 6.68. The molecule has 94 valence electrons. The second kappa shape index (κ2) is 4.55. The smallest absolute Gasteiger partial charge is 0.00137 e. The molecule has 0 unspecified atom stereocenters. The average molecular weight is 246 g/mol. The van der Waals surface area contributed by atoms with Crippen LogP contribution in [0.25, 0.3) is 12.7 Å². The van der Waals surface area contributed by atoms with Crippen LogP contribution >= 0.6 is 0 Å². The lowest BCUT2D eigenvalue weighted by Gasteiger charge is -2.14. The zero-order valence-electron chi connectivity index (χ0n) is 11.4. The summed E-state index contributed by atoms with van der Waals surface area (Å²) in [4.78, 5) is 0. The molecule has 3 rings (SSSR count). The van der Waals surface area contributed by atoms with E-state index in [2.05, 4.69) is 62.6 Å². The minimum Gasteiger partial charge on any atom is -0.0998 e. The van der Waals surface area contributed by atoms with Gasteiger partial charge >= 0.3 is 0 Å². The maximum atomic E-state index is 4.18. The van der Waals surface area contributed by atoms with Crippen LogP contribution in [0.4, 0.5) is 0 Å². The van der Waals surface area contributed by atoms with Gasteiger partial charge in [0.2, 0.25) is 0 Å². The zero-order valence-corrected chi connectivity index (χ0v) is 11.4. The molecule has 1 aliphatic carbocycles. The van der Waals surface area contributed by atoms with Crippen LogP contribution in [0.3, 0.4) is 0 Å². The van der Waals surface area contributed by atoms with E-state index in [-0.39, 0.29) is 0 Å². The molecule has 0 amide bonds. The molecule has 0 nitrogen and oxygen atoms in total. The van der Waals surface area contributed by atoms with Gasteiger partial charge in [-0.25, -0.2) is 0 Å². The Morgan fingerprint density at radius 1 is 1.16 bits per heavy atom. The Balaban J connectivity index is 2.18. The number of fused-ring (bicyclic) bond motifs is 2. The second-order valence-electron chi connectivity index (χ2n) is 5.47. The number of allylic oxidation sites excluding steroid dienone is 1. The normalized spacial score (nSPS) is 12.3. The predicted octanol–water partition coefficient (Wildman–Crippen LogP) is 2.95. The fraction of sp³-hybridized carbons (Fsp3) is 0.158. The van der Waals surface area contributed by atoms with Crippen LogP contribution < -0.4 is 10.4 Å². The Morgan fingerprint density at radius 3 is 2.74 bits per heavy atom. The van der Waals surface area contributed by atoms with E-state index in [4.69, 9.17) is 0 Å². The molecule has 1 aliphatic rings. The molecular weight excluding hydrogens is 228 g/mol. The zero-order chi connectivity index (χ0) is 13.4. The van der Waals surface area contributed by atoms with E-state index >= 15 is 0 Å². The topological polar surface area (TPSA) is 0 Å². The van der Waals surface area contributed by atoms with Crippen LogP contribution in [-0.4, -0.2) is 0 Å². The summed E-state index contributed by atoms with van der Waals surface area (Å²) in [6.45, 7) is 10.3. The first-order valence-electron chi connectivity index (χ1n) is 6.68. The van der Waals surface area contributed by atoms with Crippen molar-refractivity contribution in [3.05, 3.63) is 81.2 Å². The van der Waals surface area contributed by atoms with Gasteiger partial charge in [0.1, 0.15) is 0 Å². The van der Waals surface area contributed by atoms with Crippen LogP contribution in [0.5, 0.6) is 0 Å². The van der Waals surface area contributed by atoms with E-state index in [9.17, 15) is 0 Å². The highest BCUT2D eigenvalue weighted by molar-refractivity contribution is 5.60. The Hall–Kier alpha value is -2.08. The third-order valence-electron chi connectivity index (χ3n) is 3.70. The quantitative estimate of drug-likeness (QED) is 0.610. The summed E-state index contributed by atoms with van der Waals surface area (Å²) in [5.41, 5.74) is 6.60. The summed E-state index contributed by atoms with van der Waals surface area (Å²) in [5, 5.41) is 2.47.